The minimum absolute atomic E-state index is 0.0650. The molecule has 1 aromatic heterocycles. The zero-order chi connectivity index (χ0) is 12.7. The lowest BCUT2D eigenvalue weighted by Crippen LogP contribution is -1.86. The minimum Gasteiger partial charge on any atom is -0.504 e. The van der Waals surface area contributed by atoms with E-state index in [0.29, 0.717) is 11.1 Å². The molecule has 0 radical (unpaired) electrons. The molecule has 0 aliphatic heterocycles. The van der Waals surface area contributed by atoms with Gasteiger partial charge in [0.1, 0.15) is 11.9 Å². The van der Waals surface area contributed by atoms with E-state index in [0.717, 1.165) is 28.2 Å². The predicted octanol–water partition coefficient (Wildman–Crippen LogP) is 3.34. The summed E-state index contributed by atoms with van der Waals surface area (Å²) < 4.78 is 5.74. The smallest absolute Gasteiger partial charge is 0.177 e. The molecular weight excluding hydrogens is 228 g/mol. The number of carbonyl (C=O) groups is 1. The van der Waals surface area contributed by atoms with Crippen LogP contribution in [0.25, 0.3) is 21.9 Å². The van der Waals surface area contributed by atoms with Gasteiger partial charge in [-0.25, -0.2) is 0 Å². The summed E-state index contributed by atoms with van der Waals surface area (Å²) in [5, 5.41) is 12.0. The summed E-state index contributed by atoms with van der Waals surface area (Å²) in [5.74, 6) is 0.0650. The number of para-hydroxylation sites is 1. The van der Waals surface area contributed by atoms with Crippen molar-refractivity contribution in [2.45, 2.75) is 13.3 Å². The molecule has 90 valence electrons. The maximum Gasteiger partial charge on any atom is 0.177 e. The fourth-order valence-corrected chi connectivity index (χ4v) is 2.28. The van der Waals surface area contributed by atoms with Crippen LogP contribution in [0.2, 0.25) is 0 Å². The second-order valence-electron chi connectivity index (χ2n) is 4.37. The summed E-state index contributed by atoms with van der Waals surface area (Å²) in [6.07, 6.45) is 0.965. The number of hydrogen-bond acceptors (Lipinski definition) is 3. The lowest BCUT2D eigenvalue weighted by atomic mass is 10.1. The van der Waals surface area contributed by atoms with Gasteiger partial charge in [0.25, 0.3) is 0 Å². The summed E-state index contributed by atoms with van der Waals surface area (Å²) in [6, 6.07) is 9.55. The van der Waals surface area contributed by atoms with Crippen LogP contribution in [0, 0.1) is 6.92 Å². The van der Waals surface area contributed by atoms with Gasteiger partial charge in [0.05, 0.1) is 0 Å². The molecule has 0 aliphatic carbocycles. The second-order valence-corrected chi connectivity index (χ2v) is 4.37. The average molecular weight is 240 g/mol. The molecule has 18 heavy (non-hydrogen) atoms. The number of aromatic hydroxyl groups is 1. The van der Waals surface area contributed by atoms with Crippen LogP contribution in [0.4, 0.5) is 0 Å². The van der Waals surface area contributed by atoms with E-state index < -0.39 is 0 Å². The summed E-state index contributed by atoms with van der Waals surface area (Å²) in [7, 11) is 0. The van der Waals surface area contributed by atoms with Crippen LogP contribution in [-0.4, -0.2) is 11.4 Å². The van der Waals surface area contributed by atoms with Crippen molar-refractivity contribution in [3.8, 4) is 5.75 Å². The van der Waals surface area contributed by atoms with Crippen LogP contribution in [0.15, 0.2) is 34.7 Å². The number of hydrogen-bond donors (Lipinski definition) is 1. The van der Waals surface area contributed by atoms with E-state index in [1.54, 1.807) is 6.07 Å². The highest BCUT2D eigenvalue weighted by molar-refractivity contribution is 6.08. The molecule has 2 aromatic carbocycles. The Morgan fingerprint density at radius 2 is 1.94 bits per heavy atom. The molecule has 0 bridgehead atoms. The monoisotopic (exact) mass is 240 g/mol. The molecule has 0 amide bonds. The van der Waals surface area contributed by atoms with Crippen LogP contribution in [0.1, 0.15) is 11.1 Å². The molecule has 0 aliphatic rings. The molecule has 0 fully saturated rings. The summed E-state index contributed by atoms with van der Waals surface area (Å²) in [5.41, 5.74) is 2.86. The molecule has 3 heteroatoms. The molecule has 3 aromatic rings. The van der Waals surface area contributed by atoms with Gasteiger partial charge in [0.2, 0.25) is 0 Å². The van der Waals surface area contributed by atoms with Gasteiger partial charge in [-0.1, -0.05) is 24.3 Å². The number of phenols is 1. The van der Waals surface area contributed by atoms with E-state index >= 15 is 0 Å². The number of aryl methyl sites for hydroxylation is 1. The number of phenolic OH excluding ortho intramolecular Hbond substituents is 1. The van der Waals surface area contributed by atoms with E-state index in [1.807, 2.05) is 31.2 Å². The van der Waals surface area contributed by atoms with Crippen LogP contribution >= 0.6 is 0 Å². The molecular formula is C15H12O3. The SMILES string of the molecule is Cc1cccc2c1oc1c(O)c(CC=O)ccc12. The highest BCUT2D eigenvalue weighted by Crippen LogP contribution is 2.37. The van der Waals surface area contributed by atoms with Crippen molar-refractivity contribution in [2.24, 2.45) is 0 Å². The summed E-state index contributed by atoms with van der Waals surface area (Å²) >= 11 is 0. The van der Waals surface area contributed by atoms with E-state index in [1.165, 1.54) is 0 Å². The van der Waals surface area contributed by atoms with Crippen molar-refractivity contribution in [1.29, 1.82) is 0 Å². The summed E-state index contributed by atoms with van der Waals surface area (Å²) in [6.45, 7) is 1.97. The van der Waals surface area contributed by atoms with Gasteiger partial charge in [-0.2, -0.15) is 0 Å². The normalized spacial score (nSPS) is 11.2. The van der Waals surface area contributed by atoms with E-state index in [9.17, 15) is 9.90 Å². The maximum atomic E-state index is 10.5. The number of carbonyl (C=O) groups excluding carboxylic acids is 1. The molecule has 0 spiro atoms. The Morgan fingerprint density at radius 1 is 1.17 bits per heavy atom. The zero-order valence-corrected chi connectivity index (χ0v) is 9.93. The fraction of sp³-hybridized carbons (Fsp3) is 0.133. The highest BCUT2D eigenvalue weighted by Gasteiger charge is 2.14. The lowest BCUT2D eigenvalue weighted by molar-refractivity contribution is -0.107. The first-order chi connectivity index (χ1) is 8.72. The zero-order valence-electron chi connectivity index (χ0n) is 9.93. The van der Waals surface area contributed by atoms with Gasteiger partial charge in [-0.15, -0.1) is 0 Å². The standard InChI is InChI=1S/C15H12O3/c1-9-3-2-4-11-12-6-5-10(7-8-16)13(17)15(12)18-14(9)11/h2-6,8,17H,7H2,1H3. The van der Waals surface area contributed by atoms with Gasteiger partial charge < -0.3 is 14.3 Å². The molecule has 1 N–H and O–H groups in total. The van der Waals surface area contributed by atoms with Gasteiger partial charge in [0, 0.05) is 22.8 Å². The van der Waals surface area contributed by atoms with Crippen LogP contribution in [-0.2, 0) is 11.2 Å². The quantitative estimate of drug-likeness (QED) is 0.699. The van der Waals surface area contributed by atoms with Gasteiger partial charge >= 0.3 is 0 Å². The molecule has 3 nitrogen and oxygen atoms in total. The van der Waals surface area contributed by atoms with Crippen molar-refractivity contribution >= 4 is 28.2 Å². The Labute approximate surface area is 104 Å². The lowest BCUT2D eigenvalue weighted by Gasteiger charge is -2.00. The first kappa shape index (κ1) is 10.8. The van der Waals surface area contributed by atoms with Gasteiger partial charge in [0.15, 0.2) is 11.3 Å². The van der Waals surface area contributed by atoms with Crippen molar-refractivity contribution in [1.82, 2.24) is 0 Å². The third-order valence-corrected chi connectivity index (χ3v) is 3.22. The highest BCUT2D eigenvalue weighted by atomic mass is 16.4. The first-order valence-corrected chi connectivity index (χ1v) is 5.78. The summed E-state index contributed by atoms with van der Waals surface area (Å²) in [4.78, 5) is 10.5. The van der Waals surface area contributed by atoms with Crippen LogP contribution in [0.3, 0.4) is 0 Å². The third kappa shape index (κ3) is 1.40. The Balaban J connectivity index is 2.42. The van der Waals surface area contributed by atoms with E-state index in [4.69, 9.17) is 4.42 Å². The number of rotatable bonds is 2. The maximum absolute atomic E-state index is 10.5. The average Bonchev–Trinajstić information content (AvgIpc) is 2.74. The number of aldehydes is 1. The Kier molecular flexibility index (Phi) is 2.33. The molecule has 0 saturated carbocycles. The molecule has 0 unspecified atom stereocenters. The third-order valence-electron chi connectivity index (χ3n) is 3.22. The molecule has 3 rings (SSSR count). The van der Waals surface area contributed by atoms with Gasteiger partial charge in [-0.3, -0.25) is 0 Å². The van der Waals surface area contributed by atoms with Crippen molar-refractivity contribution in [3.63, 3.8) is 0 Å². The van der Waals surface area contributed by atoms with Gasteiger partial charge in [-0.05, 0) is 18.6 Å². The largest absolute Gasteiger partial charge is 0.504 e. The van der Waals surface area contributed by atoms with Crippen LogP contribution in [0.5, 0.6) is 5.75 Å². The fourth-order valence-electron chi connectivity index (χ4n) is 2.28. The Morgan fingerprint density at radius 3 is 2.72 bits per heavy atom. The Hall–Kier alpha value is -2.29. The second kappa shape index (κ2) is 3.88. The number of benzene rings is 2. The minimum atomic E-state index is 0.0650. The van der Waals surface area contributed by atoms with Crippen molar-refractivity contribution in [3.05, 3.63) is 41.5 Å². The van der Waals surface area contributed by atoms with Crippen molar-refractivity contribution in [2.75, 3.05) is 0 Å². The first-order valence-electron chi connectivity index (χ1n) is 5.78. The van der Waals surface area contributed by atoms with E-state index in [-0.39, 0.29) is 12.2 Å². The topological polar surface area (TPSA) is 50.4 Å². The van der Waals surface area contributed by atoms with E-state index in [2.05, 4.69) is 0 Å². The van der Waals surface area contributed by atoms with Crippen LogP contribution < -0.4 is 0 Å². The van der Waals surface area contributed by atoms with Crippen molar-refractivity contribution < 1.29 is 14.3 Å². The molecule has 1 heterocycles. The Bertz CT molecular complexity index is 753. The molecule has 0 atom stereocenters. The predicted molar refractivity (Wildman–Crippen MR) is 69.9 cm³/mol. The number of furan rings is 1. The number of fused-ring (bicyclic) bond motifs is 3. The molecule has 0 saturated heterocycles.